The number of likely N-dealkylation sites (tertiary alicyclic amines) is 1. The number of hydrogen-bond donors (Lipinski definition) is 1. The first-order valence-electron chi connectivity index (χ1n) is 7.31. The summed E-state index contributed by atoms with van der Waals surface area (Å²) in [6, 6.07) is 8.60. The highest BCUT2D eigenvalue weighted by Gasteiger charge is 2.36. The van der Waals surface area contributed by atoms with Crippen LogP contribution in [-0.4, -0.2) is 29.4 Å². The van der Waals surface area contributed by atoms with E-state index in [1.54, 1.807) is 0 Å². The van der Waals surface area contributed by atoms with E-state index < -0.39 is 0 Å². The number of carbonyl (C=O) groups is 1. The van der Waals surface area contributed by atoms with Gasteiger partial charge < -0.3 is 10.2 Å². The second-order valence-corrected chi connectivity index (χ2v) is 6.04. The summed E-state index contributed by atoms with van der Waals surface area (Å²) in [6.07, 6.45) is 3.13. The molecule has 1 aromatic carbocycles. The van der Waals surface area contributed by atoms with Crippen molar-refractivity contribution < 1.29 is 4.79 Å². The zero-order chi connectivity index (χ0) is 13.4. The van der Waals surface area contributed by atoms with Crippen molar-refractivity contribution in [1.82, 2.24) is 4.90 Å². The molecule has 1 unspecified atom stereocenters. The molecule has 0 saturated carbocycles. The number of hydrogen-bond acceptors (Lipinski definition) is 2. The molecule has 0 spiro atoms. The van der Waals surface area contributed by atoms with Gasteiger partial charge in [0.1, 0.15) is 6.04 Å². The summed E-state index contributed by atoms with van der Waals surface area (Å²) in [5.74, 6) is 0.836. The van der Waals surface area contributed by atoms with Gasteiger partial charge in [0, 0.05) is 24.7 Å². The highest BCUT2D eigenvalue weighted by atomic mass is 16.2. The van der Waals surface area contributed by atoms with Crippen molar-refractivity contribution in [2.45, 2.75) is 45.2 Å². The number of para-hydroxylation sites is 1. The van der Waals surface area contributed by atoms with Crippen LogP contribution in [0.5, 0.6) is 0 Å². The van der Waals surface area contributed by atoms with Crippen LogP contribution in [0.3, 0.4) is 0 Å². The van der Waals surface area contributed by atoms with Gasteiger partial charge in [-0.2, -0.15) is 0 Å². The smallest absolute Gasteiger partial charge is 0.245 e. The van der Waals surface area contributed by atoms with Crippen LogP contribution in [0.4, 0.5) is 5.69 Å². The minimum atomic E-state index is -0.0586. The summed E-state index contributed by atoms with van der Waals surface area (Å²) in [6.45, 7) is 5.36. The molecule has 102 valence electrons. The van der Waals surface area contributed by atoms with Gasteiger partial charge in [-0.25, -0.2) is 0 Å². The Hall–Kier alpha value is -1.51. The van der Waals surface area contributed by atoms with Gasteiger partial charge in [-0.15, -0.1) is 0 Å². The van der Waals surface area contributed by atoms with Crippen molar-refractivity contribution in [3.8, 4) is 0 Å². The Morgan fingerprint density at radius 2 is 2.16 bits per heavy atom. The van der Waals surface area contributed by atoms with Gasteiger partial charge in [0.15, 0.2) is 0 Å². The Kier molecular flexibility index (Phi) is 3.21. The van der Waals surface area contributed by atoms with Gasteiger partial charge in [0.25, 0.3) is 0 Å². The quantitative estimate of drug-likeness (QED) is 0.884. The minimum absolute atomic E-state index is 0.0586. The van der Waals surface area contributed by atoms with Crippen molar-refractivity contribution in [2.24, 2.45) is 5.92 Å². The summed E-state index contributed by atoms with van der Waals surface area (Å²) < 4.78 is 0. The molecule has 3 nitrogen and oxygen atoms in total. The van der Waals surface area contributed by atoms with Gasteiger partial charge in [0.2, 0.25) is 5.91 Å². The topological polar surface area (TPSA) is 32.3 Å². The van der Waals surface area contributed by atoms with Gasteiger partial charge in [-0.1, -0.05) is 32.0 Å². The molecule has 2 heterocycles. The largest absolute Gasteiger partial charge is 0.373 e. The van der Waals surface area contributed by atoms with Crippen LogP contribution in [-0.2, 0) is 11.2 Å². The highest BCUT2D eigenvalue weighted by Crippen LogP contribution is 2.29. The maximum Gasteiger partial charge on any atom is 0.245 e. The summed E-state index contributed by atoms with van der Waals surface area (Å²) in [5, 5.41) is 3.38. The molecular formula is C16H22N2O. The zero-order valence-corrected chi connectivity index (χ0v) is 11.7. The molecule has 2 atom stereocenters. The first-order chi connectivity index (χ1) is 9.16. The molecule has 2 aliphatic heterocycles. The van der Waals surface area contributed by atoms with Crippen LogP contribution < -0.4 is 5.32 Å². The van der Waals surface area contributed by atoms with Crippen LogP contribution >= 0.6 is 0 Å². The first-order valence-corrected chi connectivity index (χ1v) is 7.31. The van der Waals surface area contributed by atoms with E-state index in [2.05, 4.69) is 36.2 Å². The SMILES string of the molecule is CC(C)C1CCCN1C(=O)[C@@H]1Cc2ccccc2N1. The Labute approximate surface area is 115 Å². The number of anilines is 1. The zero-order valence-electron chi connectivity index (χ0n) is 11.7. The highest BCUT2D eigenvalue weighted by molar-refractivity contribution is 5.87. The van der Waals surface area contributed by atoms with Crippen LogP contribution in [0.25, 0.3) is 0 Å². The van der Waals surface area contributed by atoms with E-state index in [0.29, 0.717) is 12.0 Å². The van der Waals surface area contributed by atoms with Gasteiger partial charge >= 0.3 is 0 Å². The molecule has 1 aromatic rings. The lowest BCUT2D eigenvalue weighted by atomic mass is 10.0. The van der Waals surface area contributed by atoms with Crippen molar-refractivity contribution in [3.63, 3.8) is 0 Å². The first kappa shape index (κ1) is 12.5. The minimum Gasteiger partial charge on any atom is -0.373 e. The van der Waals surface area contributed by atoms with Crippen molar-refractivity contribution >= 4 is 11.6 Å². The average molecular weight is 258 g/mol. The Morgan fingerprint density at radius 1 is 1.37 bits per heavy atom. The second kappa shape index (κ2) is 4.87. The number of amides is 1. The molecule has 1 fully saturated rings. The van der Waals surface area contributed by atoms with E-state index in [4.69, 9.17) is 0 Å². The average Bonchev–Trinajstić information content (AvgIpc) is 3.04. The lowest BCUT2D eigenvalue weighted by Gasteiger charge is -2.30. The standard InChI is InChI=1S/C16H22N2O/c1-11(2)15-8-5-9-18(15)16(19)14-10-12-6-3-4-7-13(12)17-14/h3-4,6-7,11,14-15,17H,5,8-10H2,1-2H3/t14-,15?/m0/s1. The van der Waals surface area contributed by atoms with Crippen LogP contribution in [0.1, 0.15) is 32.3 Å². The molecule has 1 N–H and O–H groups in total. The molecule has 0 aliphatic carbocycles. The Balaban J connectivity index is 1.73. The van der Waals surface area contributed by atoms with E-state index in [1.807, 2.05) is 12.1 Å². The Morgan fingerprint density at radius 3 is 2.89 bits per heavy atom. The van der Waals surface area contributed by atoms with Crippen molar-refractivity contribution in [3.05, 3.63) is 29.8 Å². The number of benzene rings is 1. The molecular weight excluding hydrogens is 236 g/mol. The summed E-state index contributed by atoms with van der Waals surface area (Å²) in [7, 11) is 0. The van der Waals surface area contributed by atoms with Crippen LogP contribution in [0.2, 0.25) is 0 Å². The van der Waals surface area contributed by atoms with E-state index in [0.717, 1.165) is 31.5 Å². The predicted molar refractivity (Wildman–Crippen MR) is 77.1 cm³/mol. The summed E-state index contributed by atoms with van der Waals surface area (Å²) >= 11 is 0. The number of carbonyl (C=O) groups excluding carboxylic acids is 1. The normalized spacial score (nSPS) is 25.5. The maximum atomic E-state index is 12.7. The van der Waals surface area contributed by atoms with Gasteiger partial charge in [0.05, 0.1) is 0 Å². The maximum absolute atomic E-state index is 12.7. The molecule has 0 aromatic heterocycles. The third-order valence-electron chi connectivity index (χ3n) is 4.42. The molecule has 19 heavy (non-hydrogen) atoms. The summed E-state index contributed by atoms with van der Waals surface area (Å²) in [5.41, 5.74) is 2.39. The molecule has 0 bridgehead atoms. The third kappa shape index (κ3) is 2.22. The number of nitrogens with zero attached hydrogens (tertiary/aromatic N) is 1. The monoisotopic (exact) mass is 258 g/mol. The van der Waals surface area contributed by atoms with Crippen LogP contribution in [0, 0.1) is 5.92 Å². The fourth-order valence-electron chi connectivity index (χ4n) is 3.41. The second-order valence-electron chi connectivity index (χ2n) is 6.04. The van der Waals surface area contributed by atoms with Crippen molar-refractivity contribution in [2.75, 3.05) is 11.9 Å². The predicted octanol–water partition coefficient (Wildman–Crippen LogP) is 2.67. The number of rotatable bonds is 2. The Bertz CT molecular complexity index is 458. The van der Waals surface area contributed by atoms with E-state index in [-0.39, 0.29) is 11.9 Å². The number of fused-ring (bicyclic) bond motifs is 1. The van der Waals surface area contributed by atoms with Crippen LogP contribution in [0.15, 0.2) is 24.3 Å². The van der Waals surface area contributed by atoms with Gasteiger partial charge in [-0.3, -0.25) is 4.79 Å². The fourth-order valence-corrected chi connectivity index (χ4v) is 3.41. The number of nitrogens with one attached hydrogen (secondary N) is 1. The molecule has 3 heteroatoms. The third-order valence-corrected chi connectivity index (χ3v) is 4.42. The molecule has 1 amide bonds. The van der Waals surface area contributed by atoms with E-state index in [9.17, 15) is 4.79 Å². The van der Waals surface area contributed by atoms with E-state index >= 15 is 0 Å². The van der Waals surface area contributed by atoms with Gasteiger partial charge in [-0.05, 0) is 30.4 Å². The van der Waals surface area contributed by atoms with E-state index in [1.165, 1.54) is 5.56 Å². The fraction of sp³-hybridized carbons (Fsp3) is 0.562. The lowest BCUT2D eigenvalue weighted by molar-refractivity contribution is -0.133. The molecule has 1 saturated heterocycles. The lowest BCUT2D eigenvalue weighted by Crippen LogP contribution is -2.46. The molecule has 2 aliphatic rings. The molecule has 3 rings (SSSR count). The molecule has 0 radical (unpaired) electrons. The summed E-state index contributed by atoms with van der Waals surface area (Å²) in [4.78, 5) is 14.8. The van der Waals surface area contributed by atoms with Crippen molar-refractivity contribution in [1.29, 1.82) is 0 Å².